The van der Waals surface area contributed by atoms with Crippen LogP contribution in [0.1, 0.15) is 85.8 Å². The number of hydrogen-bond donors (Lipinski definition) is 14. The van der Waals surface area contributed by atoms with E-state index in [0.29, 0.717) is 18.5 Å². The van der Waals surface area contributed by atoms with Crippen LogP contribution in [0.25, 0.3) is 0 Å². The van der Waals surface area contributed by atoms with E-state index >= 15 is 0 Å². The minimum Gasteiger partial charge on any atom is -0.480 e. The van der Waals surface area contributed by atoms with Gasteiger partial charge in [-0.15, -0.1) is 0 Å². The molecule has 0 radical (unpaired) electrons. The van der Waals surface area contributed by atoms with Gasteiger partial charge < -0.3 is 75.8 Å². The summed E-state index contributed by atoms with van der Waals surface area (Å²) in [5.41, 5.74) is 27.8. The van der Waals surface area contributed by atoms with Crippen molar-refractivity contribution in [3.8, 4) is 0 Å². The van der Waals surface area contributed by atoms with E-state index in [9.17, 15) is 43.8 Å². The van der Waals surface area contributed by atoms with Crippen LogP contribution in [0.5, 0.6) is 0 Å². The van der Waals surface area contributed by atoms with E-state index in [0.717, 1.165) is 0 Å². The lowest BCUT2D eigenvalue weighted by atomic mass is 9.97. The number of carboxylic acid groups (broad SMARTS) is 1. The van der Waals surface area contributed by atoms with Crippen LogP contribution in [0.3, 0.4) is 0 Å². The second kappa shape index (κ2) is 27.7. The van der Waals surface area contributed by atoms with E-state index in [4.69, 9.17) is 28.7 Å². The first-order chi connectivity index (χ1) is 29.1. The number of nitrogens with one attached hydrogen (secondary N) is 7. The predicted octanol–water partition coefficient (Wildman–Crippen LogP) is -3.88. The number of H-pyrrole nitrogens is 1. The van der Waals surface area contributed by atoms with Gasteiger partial charge in [0.05, 0.1) is 19.0 Å². The Hall–Kier alpha value is -6.04. The van der Waals surface area contributed by atoms with Crippen molar-refractivity contribution in [2.24, 2.45) is 56.4 Å². The fraction of sp³-hybridized carbons (Fsp3) is 0.684. The van der Waals surface area contributed by atoms with Crippen molar-refractivity contribution in [1.82, 2.24) is 41.9 Å². The number of carboxylic acids is 1. The number of aliphatic carboxylic acids is 1. The van der Waals surface area contributed by atoms with Gasteiger partial charge in [-0.25, -0.2) is 9.78 Å². The third-order valence-electron chi connectivity index (χ3n) is 9.67. The Kier molecular flexibility index (Phi) is 24.1. The molecule has 0 aliphatic carbocycles. The van der Waals surface area contributed by atoms with Crippen molar-refractivity contribution < 1.29 is 43.8 Å². The molecular weight excluding hydrogens is 811 g/mol. The van der Waals surface area contributed by atoms with Crippen molar-refractivity contribution in [2.45, 2.75) is 129 Å². The van der Waals surface area contributed by atoms with Gasteiger partial charge in [0, 0.05) is 31.4 Å². The normalized spacial score (nSPS) is 15.0. The zero-order chi connectivity index (χ0) is 47.1. The first-order valence-corrected chi connectivity index (χ1v) is 20.6. The SMILES string of the molecule is CC[C@H](C)[C@H](NC(=O)[C@@H](N)CCCN=C(N)N)C(=O)N[C@@H](Cc1cnc[nH]1)C(=O)N[C@@H](CO)C(=O)N[C@@H](CC(C)C)C(=O)N[C@H](C(=O)N[C@@H](CCCN=C(N)N)C(=O)O)C(C)C. The molecule has 1 aromatic rings. The number of amides is 6. The van der Waals surface area contributed by atoms with E-state index in [2.05, 4.69) is 51.9 Å². The van der Waals surface area contributed by atoms with Crippen LogP contribution in [0.15, 0.2) is 22.5 Å². The van der Waals surface area contributed by atoms with E-state index in [1.165, 1.54) is 12.5 Å². The van der Waals surface area contributed by atoms with Gasteiger partial charge in [0.1, 0.15) is 36.3 Å². The molecule has 0 fully saturated rings. The number of carbonyl (C=O) groups excluding carboxylic acids is 6. The number of nitrogens with two attached hydrogens (primary N) is 5. The van der Waals surface area contributed by atoms with Crippen LogP contribution >= 0.6 is 0 Å². The quantitative estimate of drug-likeness (QED) is 0.0208. The van der Waals surface area contributed by atoms with Gasteiger partial charge in [0.25, 0.3) is 0 Å². The number of aliphatic hydroxyl groups excluding tert-OH is 1. The van der Waals surface area contributed by atoms with Gasteiger partial charge in [0.2, 0.25) is 35.4 Å². The number of rotatable bonds is 29. The second-order valence-corrected chi connectivity index (χ2v) is 15.8. The van der Waals surface area contributed by atoms with Crippen molar-refractivity contribution >= 4 is 53.3 Å². The van der Waals surface area contributed by atoms with E-state index in [-0.39, 0.29) is 63.0 Å². The van der Waals surface area contributed by atoms with Gasteiger partial charge >= 0.3 is 5.97 Å². The van der Waals surface area contributed by atoms with E-state index in [1.54, 1.807) is 34.6 Å². The monoisotopic (exact) mass is 880 g/mol. The van der Waals surface area contributed by atoms with Crippen LogP contribution < -0.4 is 60.6 Å². The molecule has 1 heterocycles. The number of nitrogens with zero attached hydrogens (tertiary/aromatic N) is 3. The maximum Gasteiger partial charge on any atom is 0.326 e. The molecule has 62 heavy (non-hydrogen) atoms. The topological polar surface area (TPSA) is 416 Å². The molecule has 0 spiro atoms. The molecule has 0 aliphatic heterocycles. The lowest BCUT2D eigenvalue weighted by Crippen LogP contribution is -2.61. The zero-order valence-corrected chi connectivity index (χ0v) is 36.5. The third kappa shape index (κ3) is 20.0. The highest BCUT2D eigenvalue weighted by Crippen LogP contribution is 2.12. The Morgan fingerprint density at radius 2 is 1.19 bits per heavy atom. The number of aromatic amines is 1. The van der Waals surface area contributed by atoms with Gasteiger partial charge in [0.15, 0.2) is 11.9 Å². The first kappa shape index (κ1) is 54.0. The number of aromatic nitrogens is 2. The Bertz CT molecular complexity index is 1660. The van der Waals surface area contributed by atoms with Gasteiger partial charge in [-0.2, -0.15) is 0 Å². The molecule has 19 N–H and O–H groups in total. The minimum atomic E-state index is -1.62. The van der Waals surface area contributed by atoms with Crippen LogP contribution in [-0.2, 0) is 40.0 Å². The average Bonchev–Trinajstić information content (AvgIpc) is 3.72. The van der Waals surface area contributed by atoms with E-state index in [1.807, 2.05) is 6.92 Å². The van der Waals surface area contributed by atoms with E-state index < -0.39 is 102 Å². The maximum atomic E-state index is 13.8. The molecule has 0 saturated heterocycles. The summed E-state index contributed by atoms with van der Waals surface area (Å²) in [6, 6.07) is -8.89. The number of imidazole rings is 1. The maximum absolute atomic E-state index is 13.8. The van der Waals surface area contributed by atoms with Crippen molar-refractivity contribution in [3.05, 3.63) is 18.2 Å². The molecule has 0 saturated carbocycles. The molecule has 8 atom stereocenters. The molecule has 6 amide bonds. The van der Waals surface area contributed by atoms with Crippen LogP contribution in [0.4, 0.5) is 0 Å². The Labute approximate surface area is 361 Å². The standard InChI is InChI=1S/C38H69N15O9/c1-7-21(6)29(53-30(55)23(39)10-8-12-45-37(40)41)35(60)50-26(15-22-16-44-18-47-22)31(56)51-27(17-54)33(58)49-25(14-19(2)3)32(57)52-28(20(4)5)34(59)48-24(36(61)62)11-9-13-46-38(42)43/h16,18-21,23-29,54H,7-15,17,39H2,1-6H3,(H,44,47)(H,48,59)(H,49,58)(H,50,60)(H,51,56)(H,52,57)(H,53,55)(H,61,62)(H4,40,41,45)(H4,42,43,46)/t21-,23-,24-,25-,26-,27-,28-,29-/m0/s1. The molecule has 350 valence electrons. The molecule has 0 bridgehead atoms. The average molecular weight is 880 g/mol. The lowest BCUT2D eigenvalue weighted by Gasteiger charge is -2.29. The summed E-state index contributed by atoms with van der Waals surface area (Å²) in [4.78, 5) is 108. The number of hydrogen-bond acceptors (Lipinski definition) is 12. The molecule has 0 aliphatic rings. The van der Waals surface area contributed by atoms with Gasteiger partial charge in [-0.3, -0.25) is 38.8 Å². The summed E-state index contributed by atoms with van der Waals surface area (Å²) in [7, 11) is 0. The summed E-state index contributed by atoms with van der Waals surface area (Å²) >= 11 is 0. The highest BCUT2D eigenvalue weighted by atomic mass is 16.4. The smallest absolute Gasteiger partial charge is 0.326 e. The van der Waals surface area contributed by atoms with Crippen molar-refractivity contribution in [1.29, 1.82) is 0 Å². The summed E-state index contributed by atoms with van der Waals surface area (Å²) in [5.74, 6) is -7.40. The molecular formula is C38H69N15O9. The largest absolute Gasteiger partial charge is 0.480 e. The van der Waals surface area contributed by atoms with Crippen LogP contribution in [0, 0.1) is 17.8 Å². The zero-order valence-electron chi connectivity index (χ0n) is 36.5. The molecule has 0 unspecified atom stereocenters. The summed E-state index contributed by atoms with van der Waals surface area (Å²) in [6.45, 7) is 9.85. The van der Waals surface area contributed by atoms with Crippen molar-refractivity contribution in [2.75, 3.05) is 19.7 Å². The fourth-order valence-electron chi connectivity index (χ4n) is 5.95. The molecule has 1 rings (SSSR count). The van der Waals surface area contributed by atoms with Crippen LogP contribution in [-0.4, -0.2) is 136 Å². The minimum absolute atomic E-state index is 0.00327. The summed E-state index contributed by atoms with van der Waals surface area (Å²) in [6.07, 6.45) is 4.03. The first-order valence-electron chi connectivity index (χ1n) is 20.6. The summed E-state index contributed by atoms with van der Waals surface area (Å²) in [5, 5.41) is 35.3. The highest BCUT2D eigenvalue weighted by molar-refractivity contribution is 5.97. The van der Waals surface area contributed by atoms with Crippen LogP contribution in [0.2, 0.25) is 0 Å². The Morgan fingerprint density at radius 3 is 1.69 bits per heavy atom. The fourth-order valence-corrected chi connectivity index (χ4v) is 5.95. The number of carbonyl (C=O) groups is 7. The number of aliphatic hydroxyl groups is 1. The van der Waals surface area contributed by atoms with Gasteiger partial charge in [-0.1, -0.05) is 48.0 Å². The Morgan fingerprint density at radius 1 is 0.694 bits per heavy atom. The highest BCUT2D eigenvalue weighted by Gasteiger charge is 2.35. The molecule has 1 aromatic heterocycles. The molecule has 24 nitrogen and oxygen atoms in total. The molecule has 0 aromatic carbocycles. The predicted molar refractivity (Wildman–Crippen MR) is 230 cm³/mol. The van der Waals surface area contributed by atoms with Gasteiger partial charge in [-0.05, 0) is 49.9 Å². The lowest BCUT2D eigenvalue weighted by molar-refractivity contribution is -0.143. The Balaban J connectivity index is 3.22. The molecule has 24 heteroatoms. The number of aliphatic imine (C=N–C) groups is 2. The summed E-state index contributed by atoms with van der Waals surface area (Å²) < 4.78 is 0. The second-order valence-electron chi connectivity index (χ2n) is 15.8. The van der Waals surface area contributed by atoms with Crippen molar-refractivity contribution in [3.63, 3.8) is 0 Å². The number of guanidine groups is 2. The third-order valence-corrected chi connectivity index (χ3v) is 9.67.